The summed E-state index contributed by atoms with van der Waals surface area (Å²) in [6, 6.07) is 7.01. The molecule has 2 aromatic rings. The molecule has 0 aliphatic carbocycles. The van der Waals surface area contributed by atoms with Gasteiger partial charge in [-0.2, -0.15) is 20.5 Å². The van der Waals surface area contributed by atoms with Crippen LogP contribution >= 0.6 is 0 Å². The molecule has 3 unspecified atom stereocenters. The fraction of sp³-hybridized carbons (Fsp3) is 0.188. The van der Waals surface area contributed by atoms with Crippen LogP contribution in [-0.2, 0) is 20.2 Å². The van der Waals surface area contributed by atoms with Crippen LogP contribution in [0.15, 0.2) is 77.7 Å². The first-order chi connectivity index (χ1) is 15.3. The quantitative estimate of drug-likeness (QED) is 0.304. The molecule has 3 rings (SSSR count). The molecule has 1 aliphatic rings. The molecule has 7 N–H and O–H groups in total. The Morgan fingerprint density at radius 3 is 2.06 bits per heavy atom. The molecule has 176 valence electrons. The lowest BCUT2D eigenvalue weighted by Gasteiger charge is -2.27. The van der Waals surface area contributed by atoms with Crippen LogP contribution in [0.2, 0.25) is 0 Å². The van der Waals surface area contributed by atoms with E-state index in [1.54, 1.807) is 0 Å². The van der Waals surface area contributed by atoms with Gasteiger partial charge in [0.05, 0.1) is 27.3 Å². The van der Waals surface area contributed by atoms with Crippen LogP contribution in [0.25, 0.3) is 0 Å². The molecule has 0 radical (unpaired) electrons. The van der Waals surface area contributed by atoms with Crippen molar-refractivity contribution in [1.29, 1.82) is 0 Å². The van der Waals surface area contributed by atoms with Crippen molar-refractivity contribution in [3.8, 4) is 0 Å². The molecule has 0 bridgehead atoms. The van der Waals surface area contributed by atoms with Crippen molar-refractivity contribution in [2.45, 2.75) is 28.3 Å². The SMILES string of the molecule is NC1=NC(N)NC(N)C1N=Nc1ccc(N=Nc2ccc(S(=O)(=O)[O-])cc2)cc1S(=O)(=O)[O-]. The Labute approximate surface area is 188 Å². The van der Waals surface area contributed by atoms with Crippen LogP contribution in [0.4, 0.5) is 17.1 Å². The molecular weight excluding hydrogens is 478 g/mol. The van der Waals surface area contributed by atoms with Crippen LogP contribution in [0.3, 0.4) is 0 Å². The molecule has 1 aliphatic heterocycles. The number of aliphatic imine (C=N–C) groups is 1. The first-order valence-electron chi connectivity index (χ1n) is 8.93. The van der Waals surface area contributed by atoms with E-state index in [1.165, 1.54) is 24.3 Å². The van der Waals surface area contributed by atoms with E-state index in [9.17, 15) is 25.9 Å². The Bertz CT molecular complexity index is 1340. The maximum Gasteiger partial charge on any atom is 0.156 e. The van der Waals surface area contributed by atoms with Gasteiger partial charge in [-0.15, -0.1) is 0 Å². The van der Waals surface area contributed by atoms with Gasteiger partial charge >= 0.3 is 0 Å². The molecule has 17 heteroatoms. The summed E-state index contributed by atoms with van der Waals surface area (Å²) in [7, 11) is -9.60. The number of amidine groups is 1. The van der Waals surface area contributed by atoms with E-state index in [0.29, 0.717) is 0 Å². The first kappa shape index (κ1) is 24.5. The first-order valence-corrected chi connectivity index (χ1v) is 11.7. The average Bonchev–Trinajstić information content (AvgIpc) is 2.71. The minimum atomic E-state index is -4.98. The van der Waals surface area contributed by atoms with Crippen molar-refractivity contribution >= 4 is 43.1 Å². The minimum absolute atomic E-state index is 0.0213. The number of nitrogens with zero attached hydrogens (tertiary/aromatic N) is 5. The highest BCUT2D eigenvalue weighted by Gasteiger charge is 2.28. The van der Waals surface area contributed by atoms with Gasteiger partial charge in [0, 0.05) is 0 Å². The van der Waals surface area contributed by atoms with Crippen LogP contribution in [0.5, 0.6) is 0 Å². The number of nitrogens with one attached hydrogen (secondary N) is 1. The zero-order valence-electron chi connectivity index (χ0n) is 16.5. The second kappa shape index (κ2) is 9.35. The van der Waals surface area contributed by atoms with E-state index in [2.05, 4.69) is 30.8 Å². The van der Waals surface area contributed by atoms with Gasteiger partial charge < -0.3 is 20.6 Å². The molecule has 0 spiro atoms. The third kappa shape index (κ3) is 6.20. The van der Waals surface area contributed by atoms with Gasteiger partial charge in [-0.1, -0.05) is 0 Å². The van der Waals surface area contributed by atoms with E-state index in [4.69, 9.17) is 17.2 Å². The van der Waals surface area contributed by atoms with E-state index in [1.807, 2.05) is 0 Å². The number of hydrogen-bond donors (Lipinski definition) is 4. The minimum Gasteiger partial charge on any atom is -0.744 e. The third-order valence-electron chi connectivity index (χ3n) is 4.20. The van der Waals surface area contributed by atoms with Crippen LogP contribution < -0.4 is 22.5 Å². The van der Waals surface area contributed by atoms with Gasteiger partial charge in [0.15, 0.2) is 12.3 Å². The molecule has 2 aromatic carbocycles. The Morgan fingerprint density at radius 2 is 1.48 bits per heavy atom. The Hall–Kier alpha value is -3.19. The lowest BCUT2D eigenvalue weighted by molar-refractivity contribution is 0.402. The molecule has 0 fully saturated rings. The van der Waals surface area contributed by atoms with Crippen molar-refractivity contribution < 1.29 is 25.9 Å². The standard InChI is InChI=1S/C16H19N9O6S2/c17-14-13(15(18)21-16(19)20-14)25-24-11-6-3-9(7-12(11)33(29,30)31)23-22-8-1-4-10(5-2-8)32(26,27)28/h1-7,13-14,16,20H,17,19H2,(H2,18,21)(H,26,27,28)(H,29,30,31)/p-2. The molecule has 0 saturated heterocycles. The maximum atomic E-state index is 11.7. The predicted molar refractivity (Wildman–Crippen MR) is 112 cm³/mol. The predicted octanol–water partition coefficient (Wildman–Crippen LogP) is -0.150. The highest BCUT2D eigenvalue weighted by atomic mass is 32.2. The Balaban J connectivity index is 1.88. The fourth-order valence-electron chi connectivity index (χ4n) is 2.64. The Morgan fingerprint density at radius 1 is 0.879 bits per heavy atom. The van der Waals surface area contributed by atoms with Crippen LogP contribution in [0.1, 0.15) is 0 Å². The zero-order chi connectivity index (χ0) is 24.4. The summed E-state index contributed by atoms with van der Waals surface area (Å²) < 4.78 is 68.0. The van der Waals surface area contributed by atoms with E-state index in [-0.39, 0.29) is 22.9 Å². The number of rotatable bonds is 6. The Kier molecular flexibility index (Phi) is 6.93. The fourth-order valence-corrected chi connectivity index (χ4v) is 3.74. The largest absolute Gasteiger partial charge is 0.744 e. The molecule has 0 amide bonds. The summed E-state index contributed by atoms with van der Waals surface area (Å²) in [5, 5.41) is 17.9. The highest BCUT2D eigenvalue weighted by Crippen LogP contribution is 2.30. The monoisotopic (exact) mass is 495 g/mol. The topological polar surface area (TPSA) is 266 Å². The summed E-state index contributed by atoms with van der Waals surface area (Å²) in [5.41, 5.74) is 17.0. The van der Waals surface area contributed by atoms with E-state index in [0.717, 1.165) is 18.2 Å². The summed E-state index contributed by atoms with van der Waals surface area (Å²) >= 11 is 0. The molecule has 15 nitrogen and oxygen atoms in total. The second-order valence-electron chi connectivity index (χ2n) is 6.61. The van der Waals surface area contributed by atoms with E-state index < -0.39 is 48.5 Å². The molecule has 33 heavy (non-hydrogen) atoms. The summed E-state index contributed by atoms with van der Waals surface area (Å²) in [5.74, 6) is -0.0229. The van der Waals surface area contributed by atoms with E-state index >= 15 is 0 Å². The van der Waals surface area contributed by atoms with Gasteiger partial charge in [0.2, 0.25) is 0 Å². The normalized spacial score (nSPS) is 22.1. The van der Waals surface area contributed by atoms with Crippen molar-refractivity contribution in [2.24, 2.45) is 42.7 Å². The van der Waals surface area contributed by atoms with Gasteiger partial charge in [-0.05, 0) is 42.5 Å². The van der Waals surface area contributed by atoms with Crippen molar-refractivity contribution in [3.63, 3.8) is 0 Å². The molecule has 1 heterocycles. The number of azo groups is 2. The second-order valence-corrected chi connectivity index (χ2v) is 9.33. The molecule has 3 atom stereocenters. The summed E-state index contributed by atoms with van der Waals surface area (Å²) in [4.78, 5) is 2.68. The highest BCUT2D eigenvalue weighted by molar-refractivity contribution is 7.86. The number of nitrogens with two attached hydrogens (primary N) is 3. The third-order valence-corrected chi connectivity index (χ3v) is 5.92. The average molecular weight is 496 g/mol. The number of benzene rings is 2. The number of hydrogen-bond acceptors (Lipinski definition) is 15. The lowest BCUT2D eigenvalue weighted by Crippen LogP contribution is -2.61. The zero-order valence-corrected chi connectivity index (χ0v) is 18.1. The van der Waals surface area contributed by atoms with Gasteiger partial charge in [-0.3, -0.25) is 11.1 Å². The molecular formula is C16H17N9O6S2-2. The molecule has 0 aromatic heterocycles. The smallest absolute Gasteiger partial charge is 0.156 e. The van der Waals surface area contributed by atoms with Crippen molar-refractivity contribution in [3.05, 3.63) is 42.5 Å². The van der Waals surface area contributed by atoms with Gasteiger partial charge in [0.25, 0.3) is 0 Å². The lowest BCUT2D eigenvalue weighted by atomic mass is 10.2. The molecule has 0 saturated carbocycles. The van der Waals surface area contributed by atoms with Gasteiger partial charge in [-0.25, -0.2) is 21.8 Å². The maximum absolute atomic E-state index is 11.7. The van der Waals surface area contributed by atoms with Crippen molar-refractivity contribution in [1.82, 2.24) is 5.32 Å². The van der Waals surface area contributed by atoms with Crippen LogP contribution in [0, 0.1) is 0 Å². The van der Waals surface area contributed by atoms with Crippen LogP contribution in [-0.4, -0.2) is 50.3 Å². The summed E-state index contributed by atoms with van der Waals surface area (Å²) in [6.45, 7) is 0. The van der Waals surface area contributed by atoms with Gasteiger partial charge in [0.1, 0.15) is 31.8 Å². The summed E-state index contributed by atoms with van der Waals surface area (Å²) in [6.07, 6.45) is -1.67. The van der Waals surface area contributed by atoms with Crippen molar-refractivity contribution in [2.75, 3.05) is 0 Å².